The lowest BCUT2D eigenvalue weighted by Crippen LogP contribution is -2.29. The van der Waals surface area contributed by atoms with Gasteiger partial charge in [-0.3, -0.25) is 0 Å². The van der Waals surface area contributed by atoms with Crippen molar-refractivity contribution in [3.05, 3.63) is 36.5 Å². The smallest absolute Gasteiger partial charge is 0.160 e. The zero-order valence-electron chi connectivity index (χ0n) is 20.7. The Morgan fingerprint density at radius 3 is 2.79 bits per heavy atom. The molecule has 1 aromatic carbocycles. The van der Waals surface area contributed by atoms with Crippen molar-refractivity contribution >= 4 is 16.7 Å². The standard InChI is InChI=1S/C26H37N5O3/c1-18(2)31-26-23(15-28-31)25(30(4)16-19-8-10-33-11-9-19)13-24(29-26)20-6-5-7-22(12-20)34-17-21(32)14-27-3/h5-7,12-13,15,18-19,21,27,32H,8-11,14,16-17H2,1-4H3. The summed E-state index contributed by atoms with van der Waals surface area (Å²) < 4.78 is 13.4. The summed E-state index contributed by atoms with van der Waals surface area (Å²) in [5.41, 5.74) is 3.87. The average Bonchev–Trinajstić information content (AvgIpc) is 3.27. The van der Waals surface area contributed by atoms with Gasteiger partial charge in [-0.1, -0.05) is 12.1 Å². The van der Waals surface area contributed by atoms with Crippen molar-refractivity contribution in [2.75, 3.05) is 51.9 Å². The number of pyridine rings is 1. The number of hydrogen-bond acceptors (Lipinski definition) is 7. The molecule has 1 aliphatic rings. The van der Waals surface area contributed by atoms with E-state index >= 15 is 0 Å². The number of anilines is 1. The summed E-state index contributed by atoms with van der Waals surface area (Å²) in [6, 6.07) is 10.3. The van der Waals surface area contributed by atoms with Crippen LogP contribution in [0.2, 0.25) is 0 Å². The molecule has 0 bridgehead atoms. The van der Waals surface area contributed by atoms with Crippen LogP contribution >= 0.6 is 0 Å². The first kappa shape index (κ1) is 24.4. The molecule has 0 amide bonds. The summed E-state index contributed by atoms with van der Waals surface area (Å²) in [7, 11) is 3.97. The molecule has 184 valence electrons. The minimum atomic E-state index is -0.561. The summed E-state index contributed by atoms with van der Waals surface area (Å²) in [5.74, 6) is 1.33. The normalized spacial score (nSPS) is 15.7. The fraction of sp³-hybridized carbons (Fsp3) is 0.538. The van der Waals surface area contributed by atoms with Crippen LogP contribution < -0.4 is 15.0 Å². The van der Waals surface area contributed by atoms with Crippen molar-refractivity contribution in [1.82, 2.24) is 20.1 Å². The molecule has 34 heavy (non-hydrogen) atoms. The SMILES string of the molecule is CNCC(O)COc1cccc(-c2cc(N(C)CC3CCOCC3)c3cnn(C(C)C)c3n2)c1. The Hall–Kier alpha value is -2.68. The highest BCUT2D eigenvalue weighted by molar-refractivity contribution is 5.92. The average molecular weight is 468 g/mol. The third kappa shape index (κ3) is 5.68. The number of benzene rings is 1. The van der Waals surface area contributed by atoms with E-state index in [1.807, 2.05) is 42.2 Å². The van der Waals surface area contributed by atoms with Gasteiger partial charge in [0.05, 0.1) is 23.0 Å². The highest BCUT2D eigenvalue weighted by Crippen LogP contribution is 2.33. The molecule has 1 atom stereocenters. The summed E-state index contributed by atoms with van der Waals surface area (Å²) in [6.45, 7) is 7.62. The summed E-state index contributed by atoms with van der Waals surface area (Å²) in [6.07, 6.45) is 3.56. The van der Waals surface area contributed by atoms with Crippen molar-refractivity contribution < 1.29 is 14.6 Å². The summed E-state index contributed by atoms with van der Waals surface area (Å²) in [5, 5.41) is 18.7. The molecule has 2 N–H and O–H groups in total. The van der Waals surface area contributed by atoms with Crippen molar-refractivity contribution in [1.29, 1.82) is 0 Å². The molecular formula is C26H37N5O3. The van der Waals surface area contributed by atoms with Crippen LogP contribution in [0.5, 0.6) is 5.75 Å². The Labute approximate surface area is 201 Å². The molecule has 4 rings (SSSR count). The van der Waals surface area contributed by atoms with Crippen LogP contribution in [0.3, 0.4) is 0 Å². The second kappa shape index (κ2) is 11.2. The second-order valence-corrected chi connectivity index (χ2v) is 9.43. The van der Waals surface area contributed by atoms with Gasteiger partial charge in [-0.2, -0.15) is 5.10 Å². The Morgan fingerprint density at radius 2 is 2.06 bits per heavy atom. The van der Waals surface area contributed by atoms with E-state index in [1.54, 1.807) is 0 Å². The molecule has 1 saturated heterocycles. The number of hydrogen-bond donors (Lipinski definition) is 2. The predicted octanol–water partition coefficient (Wildman–Crippen LogP) is 3.50. The van der Waals surface area contributed by atoms with Gasteiger partial charge in [-0.05, 0) is 57.9 Å². The molecule has 0 radical (unpaired) electrons. The maximum atomic E-state index is 9.98. The van der Waals surface area contributed by atoms with E-state index in [1.165, 1.54) is 0 Å². The first-order chi connectivity index (χ1) is 16.5. The van der Waals surface area contributed by atoms with E-state index in [9.17, 15) is 5.11 Å². The molecule has 1 fully saturated rings. The minimum absolute atomic E-state index is 0.206. The molecule has 1 aliphatic heterocycles. The van der Waals surface area contributed by atoms with Gasteiger partial charge in [0.2, 0.25) is 0 Å². The summed E-state index contributed by atoms with van der Waals surface area (Å²) >= 11 is 0. The molecule has 1 unspecified atom stereocenters. The number of aliphatic hydroxyl groups excluding tert-OH is 1. The van der Waals surface area contributed by atoms with Crippen molar-refractivity contribution in [3.8, 4) is 17.0 Å². The first-order valence-corrected chi connectivity index (χ1v) is 12.2. The molecular weight excluding hydrogens is 430 g/mol. The lowest BCUT2D eigenvalue weighted by molar-refractivity contribution is 0.0685. The second-order valence-electron chi connectivity index (χ2n) is 9.43. The number of nitrogens with one attached hydrogen (secondary N) is 1. The largest absolute Gasteiger partial charge is 0.491 e. The minimum Gasteiger partial charge on any atom is -0.491 e. The third-order valence-corrected chi connectivity index (χ3v) is 6.33. The topological polar surface area (TPSA) is 84.7 Å². The number of rotatable bonds is 10. The number of aliphatic hydroxyl groups is 1. The Bertz CT molecular complexity index is 1080. The van der Waals surface area contributed by atoms with E-state index in [2.05, 4.69) is 42.3 Å². The van der Waals surface area contributed by atoms with Crippen molar-refractivity contribution in [3.63, 3.8) is 0 Å². The van der Waals surface area contributed by atoms with Crippen molar-refractivity contribution in [2.45, 2.75) is 38.8 Å². The number of aromatic nitrogens is 3. The number of fused-ring (bicyclic) bond motifs is 1. The highest BCUT2D eigenvalue weighted by atomic mass is 16.5. The van der Waals surface area contributed by atoms with E-state index in [0.29, 0.717) is 18.2 Å². The van der Waals surface area contributed by atoms with Gasteiger partial charge in [0.15, 0.2) is 5.65 Å². The number of ether oxygens (including phenoxy) is 2. The maximum Gasteiger partial charge on any atom is 0.160 e. The van der Waals surface area contributed by atoms with Gasteiger partial charge in [-0.15, -0.1) is 0 Å². The van der Waals surface area contributed by atoms with Gasteiger partial charge in [0.1, 0.15) is 18.5 Å². The van der Waals surface area contributed by atoms with E-state index in [0.717, 1.165) is 60.6 Å². The van der Waals surface area contributed by atoms with E-state index < -0.39 is 6.10 Å². The van der Waals surface area contributed by atoms with Crippen LogP contribution in [0.25, 0.3) is 22.3 Å². The van der Waals surface area contributed by atoms with Crippen LogP contribution in [0.4, 0.5) is 5.69 Å². The molecule has 0 aliphatic carbocycles. The van der Waals surface area contributed by atoms with Crippen LogP contribution in [-0.2, 0) is 4.74 Å². The van der Waals surface area contributed by atoms with E-state index in [-0.39, 0.29) is 12.6 Å². The zero-order valence-corrected chi connectivity index (χ0v) is 20.7. The maximum absolute atomic E-state index is 9.98. The third-order valence-electron chi connectivity index (χ3n) is 6.33. The van der Waals surface area contributed by atoms with Gasteiger partial charge in [-0.25, -0.2) is 9.67 Å². The molecule has 0 spiro atoms. The van der Waals surface area contributed by atoms with Gasteiger partial charge >= 0.3 is 0 Å². The lowest BCUT2D eigenvalue weighted by Gasteiger charge is -2.29. The number of likely N-dealkylation sites (N-methyl/N-ethyl adjacent to an activating group) is 1. The first-order valence-electron chi connectivity index (χ1n) is 12.2. The van der Waals surface area contributed by atoms with Crippen LogP contribution in [-0.4, -0.2) is 73.0 Å². The molecule has 3 heterocycles. The zero-order chi connectivity index (χ0) is 24.1. The molecule has 3 aromatic rings. The highest BCUT2D eigenvalue weighted by Gasteiger charge is 2.20. The van der Waals surface area contributed by atoms with Gasteiger partial charge < -0.3 is 24.8 Å². The number of nitrogens with zero attached hydrogens (tertiary/aromatic N) is 4. The molecule has 2 aromatic heterocycles. The lowest BCUT2D eigenvalue weighted by atomic mass is 9.99. The molecule has 8 nitrogen and oxygen atoms in total. The van der Waals surface area contributed by atoms with E-state index in [4.69, 9.17) is 14.5 Å². The van der Waals surface area contributed by atoms with Crippen LogP contribution in [0.1, 0.15) is 32.7 Å². The van der Waals surface area contributed by atoms with Gasteiger partial charge in [0.25, 0.3) is 0 Å². The quantitative estimate of drug-likeness (QED) is 0.472. The predicted molar refractivity (Wildman–Crippen MR) is 136 cm³/mol. The Morgan fingerprint density at radius 1 is 1.26 bits per heavy atom. The monoisotopic (exact) mass is 467 g/mol. The Balaban J connectivity index is 1.67. The molecule has 0 saturated carbocycles. The van der Waals surface area contributed by atoms with Crippen LogP contribution in [0, 0.1) is 5.92 Å². The fourth-order valence-electron chi connectivity index (χ4n) is 4.49. The fourth-order valence-corrected chi connectivity index (χ4v) is 4.49. The molecule has 8 heteroatoms. The van der Waals surface area contributed by atoms with Crippen LogP contribution in [0.15, 0.2) is 36.5 Å². The van der Waals surface area contributed by atoms with Gasteiger partial charge in [0, 0.05) is 45.0 Å². The summed E-state index contributed by atoms with van der Waals surface area (Å²) in [4.78, 5) is 7.36. The Kier molecular flexibility index (Phi) is 8.03. The van der Waals surface area contributed by atoms with Crippen molar-refractivity contribution in [2.24, 2.45) is 5.92 Å².